The average Bonchev–Trinajstić information content (AvgIpc) is 3.15. The first kappa shape index (κ1) is 20.0. The summed E-state index contributed by atoms with van der Waals surface area (Å²) in [6, 6.07) is 4.95. The fourth-order valence-corrected chi connectivity index (χ4v) is 2.89. The molecule has 0 radical (unpaired) electrons. The van der Waals surface area contributed by atoms with E-state index in [0.29, 0.717) is 25.0 Å². The molecule has 1 unspecified atom stereocenters. The molecule has 2 heterocycles. The van der Waals surface area contributed by atoms with Gasteiger partial charge in [0.15, 0.2) is 5.96 Å². The molecule has 0 bridgehead atoms. The fraction of sp³-hybridized carbons (Fsp3) is 0.438. The minimum atomic E-state index is -4.48. The number of guanidine groups is 1. The molecule has 0 aliphatic rings. The maximum Gasteiger partial charge on any atom is 0.433 e. The first-order valence-corrected chi connectivity index (χ1v) is 8.90. The van der Waals surface area contributed by atoms with Gasteiger partial charge in [-0.1, -0.05) is 13.0 Å². The predicted molar refractivity (Wildman–Crippen MR) is 97.6 cm³/mol. The Labute approximate surface area is 154 Å². The number of nitrogens with zero attached hydrogens (tertiary/aromatic N) is 3. The predicted octanol–water partition coefficient (Wildman–Crippen LogP) is 2.94. The van der Waals surface area contributed by atoms with Gasteiger partial charge in [0.1, 0.15) is 5.69 Å². The van der Waals surface area contributed by atoms with Crippen LogP contribution in [0.15, 0.2) is 34.8 Å². The van der Waals surface area contributed by atoms with Gasteiger partial charge in [0, 0.05) is 43.7 Å². The van der Waals surface area contributed by atoms with Crippen molar-refractivity contribution in [3.05, 3.63) is 40.3 Å². The first-order chi connectivity index (χ1) is 12.4. The minimum absolute atomic E-state index is 0.0594. The molecule has 0 saturated heterocycles. The average molecular weight is 386 g/mol. The third-order valence-electron chi connectivity index (χ3n) is 3.47. The SMILES string of the molecule is CN=C(NCCNc1nccc(C(F)(F)F)n1)NCC(C)c1cccs1. The summed E-state index contributed by atoms with van der Waals surface area (Å²) in [6.45, 7) is 3.65. The van der Waals surface area contributed by atoms with Gasteiger partial charge in [0.25, 0.3) is 0 Å². The summed E-state index contributed by atoms with van der Waals surface area (Å²) >= 11 is 1.71. The zero-order valence-electron chi connectivity index (χ0n) is 14.5. The lowest BCUT2D eigenvalue weighted by Crippen LogP contribution is -2.41. The van der Waals surface area contributed by atoms with Crippen molar-refractivity contribution in [3.63, 3.8) is 0 Å². The molecule has 0 spiro atoms. The highest BCUT2D eigenvalue weighted by Gasteiger charge is 2.32. The summed E-state index contributed by atoms with van der Waals surface area (Å²) in [5, 5.41) is 11.1. The van der Waals surface area contributed by atoms with Crippen molar-refractivity contribution in [2.24, 2.45) is 4.99 Å². The Morgan fingerprint density at radius 2 is 2.08 bits per heavy atom. The van der Waals surface area contributed by atoms with Crippen LogP contribution in [0.1, 0.15) is 23.4 Å². The highest BCUT2D eigenvalue weighted by molar-refractivity contribution is 7.10. The molecule has 6 nitrogen and oxygen atoms in total. The van der Waals surface area contributed by atoms with Crippen LogP contribution in [-0.4, -0.2) is 42.6 Å². The molecule has 0 amide bonds. The van der Waals surface area contributed by atoms with Gasteiger partial charge in [-0.2, -0.15) is 13.2 Å². The number of halogens is 3. The van der Waals surface area contributed by atoms with Crippen molar-refractivity contribution < 1.29 is 13.2 Å². The zero-order valence-corrected chi connectivity index (χ0v) is 15.3. The largest absolute Gasteiger partial charge is 0.433 e. The Bertz CT molecular complexity index is 702. The van der Waals surface area contributed by atoms with Crippen molar-refractivity contribution >= 4 is 23.2 Å². The van der Waals surface area contributed by atoms with Gasteiger partial charge in [-0.15, -0.1) is 11.3 Å². The maximum absolute atomic E-state index is 12.6. The van der Waals surface area contributed by atoms with Crippen molar-refractivity contribution in [3.8, 4) is 0 Å². The van der Waals surface area contributed by atoms with Crippen LogP contribution in [0, 0.1) is 0 Å². The highest BCUT2D eigenvalue weighted by atomic mass is 32.1. The Kier molecular flexibility index (Phi) is 7.19. The summed E-state index contributed by atoms with van der Waals surface area (Å²) in [7, 11) is 1.66. The Hall–Kier alpha value is -2.36. The van der Waals surface area contributed by atoms with Gasteiger partial charge in [-0.05, 0) is 17.5 Å². The van der Waals surface area contributed by atoms with Gasteiger partial charge in [-0.3, -0.25) is 4.99 Å². The quantitative estimate of drug-likeness (QED) is 0.388. The van der Waals surface area contributed by atoms with Gasteiger partial charge < -0.3 is 16.0 Å². The van der Waals surface area contributed by atoms with Crippen LogP contribution < -0.4 is 16.0 Å². The van der Waals surface area contributed by atoms with Crippen LogP contribution in [0.25, 0.3) is 0 Å². The molecule has 1 atom stereocenters. The molecule has 0 aromatic carbocycles. The fourth-order valence-electron chi connectivity index (χ4n) is 2.10. The molecule has 26 heavy (non-hydrogen) atoms. The molecule has 2 aromatic heterocycles. The number of rotatable bonds is 7. The lowest BCUT2D eigenvalue weighted by atomic mass is 10.1. The van der Waals surface area contributed by atoms with Crippen LogP contribution in [0.5, 0.6) is 0 Å². The number of hydrogen-bond donors (Lipinski definition) is 3. The van der Waals surface area contributed by atoms with Crippen LogP contribution >= 0.6 is 11.3 Å². The van der Waals surface area contributed by atoms with Crippen molar-refractivity contribution in [2.45, 2.75) is 19.0 Å². The number of nitrogens with one attached hydrogen (secondary N) is 3. The molecule has 10 heteroatoms. The van der Waals surface area contributed by atoms with Crippen LogP contribution in [0.3, 0.4) is 0 Å². The van der Waals surface area contributed by atoms with E-state index in [-0.39, 0.29) is 5.95 Å². The summed E-state index contributed by atoms with van der Waals surface area (Å²) in [4.78, 5) is 12.6. The number of aromatic nitrogens is 2. The Morgan fingerprint density at radius 3 is 2.73 bits per heavy atom. The van der Waals surface area contributed by atoms with Gasteiger partial charge in [-0.25, -0.2) is 9.97 Å². The lowest BCUT2D eigenvalue weighted by Gasteiger charge is -2.15. The number of anilines is 1. The highest BCUT2D eigenvalue weighted by Crippen LogP contribution is 2.27. The van der Waals surface area contributed by atoms with E-state index < -0.39 is 11.9 Å². The second kappa shape index (κ2) is 9.37. The van der Waals surface area contributed by atoms with Gasteiger partial charge in [0.05, 0.1) is 0 Å². The molecular weight excluding hydrogens is 365 g/mol. The molecular formula is C16H21F3N6S. The van der Waals surface area contributed by atoms with E-state index >= 15 is 0 Å². The number of hydrogen-bond acceptors (Lipinski definition) is 5. The normalized spacial score (nSPS) is 13.3. The third kappa shape index (κ3) is 6.17. The Balaban J connectivity index is 1.72. The molecule has 3 N–H and O–H groups in total. The second-order valence-electron chi connectivity index (χ2n) is 5.49. The topological polar surface area (TPSA) is 74.2 Å². The zero-order chi connectivity index (χ0) is 19.0. The number of thiophene rings is 1. The number of alkyl halides is 3. The smallest absolute Gasteiger partial charge is 0.356 e. The molecule has 142 valence electrons. The van der Waals surface area contributed by atoms with E-state index in [1.165, 1.54) is 4.88 Å². The molecule has 2 rings (SSSR count). The first-order valence-electron chi connectivity index (χ1n) is 8.02. The standard InChI is InChI=1S/C16H21F3N6S/c1-11(12-4-3-9-26-12)10-24-14(20-2)22-7-8-23-15-21-6-5-13(25-15)16(17,18)19/h3-6,9,11H,7-8,10H2,1-2H3,(H2,20,22,24)(H,21,23,25). The van der Waals surface area contributed by atoms with Crippen LogP contribution in [0.4, 0.5) is 19.1 Å². The summed E-state index contributed by atoms with van der Waals surface area (Å²) in [5.74, 6) is 0.918. The van der Waals surface area contributed by atoms with E-state index in [9.17, 15) is 13.2 Å². The minimum Gasteiger partial charge on any atom is -0.356 e. The monoisotopic (exact) mass is 386 g/mol. The van der Waals surface area contributed by atoms with Crippen molar-refractivity contribution in [2.75, 3.05) is 32.0 Å². The van der Waals surface area contributed by atoms with Crippen molar-refractivity contribution in [1.82, 2.24) is 20.6 Å². The van der Waals surface area contributed by atoms with Gasteiger partial charge in [0.2, 0.25) is 5.95 Å². The lowest BCUT2D eigenvalue weighted by molar-refractivity contribution is -0.141. The molecule has 0 aliphatic carbocycles. The van der Waals surface area contributed by atoms with Crippen molar-refractivity contribution in [1.29, 1.82) is 0 Å². The van der Waals surface area contributed by atoms with Crippen LogP contribution in [-0.2, 0) is 6.18 Å². The van der Waals surface area contributed by atoms with E-state index in [1.807, 2.05) is 11.4 Å². The van der Waals surface area contributed by atoms with E-state index in [0.717, 1.165) is 18.8 Å². The van der Waals surface area contributed by atoms with Crippen LogP contribution in [0.2, 0.25) is 0 Å². The molecule has 0 saturated carbocycles. The molecule has 0 fully saturated rings. The molecule has 2 aromatic rings. The van der Waals surface area contributed by atoms with E-state index in [1.54, 1.807) is 18.4 Å². The third-order valence-corrected chi connectivity index (χ3v) is 4.58. The summed E-state index contributed by atoms with van der Waals surface area (Å²) in [5.41, 5.74) is -0.969. The summed E-state index contributed by atoms with van der Waals surface area (Å²) in [6.07, 6.45) is -3.40. The Morgan fingerprint density at radius 1 is 1.27 bits per heavy atom. The molecule has 0 aliphatic heterocycles. The van der Waals surface area contributed by atoms with Gasteiger partial charge >= 0.3 is 6.18 Å². The second-order valence-corrected chi connectivity index (χ2v) is 6.47. The van der Waals surface area contributed by atoms with E-state index in [4.69, 9.17) is 0 Å². The van der Waals surface area contributed by atoms with E-state index in [2.05, 4.69) is 43.9 Å². The maximum atomic E-state index is 12.6. The summed E-state index contributed by atoms with van der Waals surface area (Å²) < 4.78 is 37.8. The number of aliphatic imine (C=N–C) groups is 1.